The zero-order chi connectivity index (χ0) is 21.1. The molecule has 0 bridgehead atoms. The summed E-state index contributed by atoms with van der Waals surface area (Å²) in [7, 11) is 1.58. The number of carbonyl (C=O) groups is 2. The van der Waals surface area contributed by atoms with Crippen molar-refractivity contribution >= 4 is 23.2 Å². The van der Waals surface area contributed by atoms with Gasteiger partial charge in [0.25, 0.3) is 0 Å². The molecule has 1 aromatic rings. The molecule has 0 amide bonds. The highest BCUT2D eigenvalue weighted by molar-refractivity contribution is 6.32. The smallest absolute Gasteiger partial charge is 0.162 e. The van der Waals surface area contributed by atoms with E-state index in [-0.39, 0.29) is 28.3 Å². The lowest BCUT2D eigenvalue weighted by Crippen LogP contribution is -2.42. The molecule has 0 unspecified atom stereocenters. The molecule has 1 aromatic carbocycles. The van der Waals surface area contributed by atoms with E-state index in [2.05, 4.69) is 33.0 Å². The van der Waals surface area contributed by atoms with Crippen LogP contribution in [0.2, 0.25) is 5.02 Å². The van der Waals surface area contributed by atoms with Crippen molar-refractivity contribution in [2.75, 3.05) is 7.11 Å². The maximum atomic E-state index is 13.3. The van der Waals surface area contributed by atoms with Crippen molar-refractivity contribution in [1.29, 1.82) is 0 Å². The third kappa shape index (κ3) is 3.52. The number of ether oxygens (including phenoxy) is 1. The third-order valence-corrected chi connectivity index (χ3v) is 6.52. The standard InChI is InChI=1S/C24H28ClNO3/c1-23(2)9-15-21(17(27)11-23)20(13-6-7-19(29-5)14(25)8-13)22-16(26-15)10-24(3,4)12-18(22)28/h6-8,20,26H,9-12H2,1-5H3. The zero-order valence-corrected chi connectivity index (χ0v) is 18.5. The van der Waals surface area contributed by atoms with Crippen LogP contribution in [0.1, 0.15) is 64.9 Å². The molecule has 1 aliphatic heterocycles. The molecule has 0 saturated heterocycles. The summed E-state index contributed by atoms with van der Waals surface area (Å²) < 4.78 is 5.30. The largest absolute Gasteiger partial charge is 0.495 e. The van der Waals surface area contributed by atoms with Crippen molar-refractivity contribution in [3.8, 4) is 5.75 Å². The first-order valence-corrected chi connectivity index (χ1v) is 10.5. The summed E-state index contributed by atoms with van der Waals surface area (Å²) in [6.07, 6.45) is 2.55. The Morgan fingerprint density at radius 1 is 0.931 bits per heavy atom. The second-order valence-electron chi connectivity index (χ2n) is 10.1. The molecule has 4 rings (SSSR count). The fraction of sp³-hybridized carbons (Fsp3) is 0.500. The summed E-state index contributed by atoms with van der Waals surface area (Å²) in [5.41, 5.74) is 4.07. The van der Waals surface area contributed by atoms with E-state index in [0.717, 1.165) is 40.9 Å². The van der Waals surface area contributed by atoms with E-state index in [1.165, 1.54) is 0 Å². The summed E-state index contributed by atoms with van der Waals surface area (Å²) >= 11 is 6.42. The number of rotatable bonds is 2. The van der Waals surface area contributed by atoms with Crippen molar-refractivity contribution in [2.24, 2.45) is 10.8 Å². The maximum absolute atomic E-state index is 13.3. The second-order valence-corrected chi connectivity index (χ2v) is 10.5. The highest BCUT2D eigenvalue weighted by atomic mass is 35.5. The van der Waals surface area contributed by atoms with Crippen LogP contribution in [0.4, 0.5) is 0 Å². The number of allylic oxidation sites excluding steroid dienone is 4. The van der Waals surface area contributed by atoms with E-state index in [4.69, 9.17) is 16.3 Å². The van der Waals surface area contributed by atoms with Gasteiger partial charge in [0.05, 0.1) is 12.1 Å². The van der Waals surface area contributed by atoms with Gasteiger partial charge in [-0.3, -0.25) is 9.59 Å². The minimum absolute atomic E-state index is 0.0999. The van der Waals surface area contributed by atoms with Gasteiger partial charge < -0.3 is 10.1 Å². The summed E-state index contributed by atoms with van der Waals surface area (Å²) in [5.74, 6) is 0.451. The molecule has 0 aromatic heterocycles. The molecule has 1 heterocycles. The van der Waals surface area contributed by atoms with E-state index in [9.17, 15) is 9.59 Å². The Labute approximate surface area is 177 Å². The van der Waals surface area contributed by atoms with E-state index in [0.29, 0.717) is 23.6 Å². The number of methoxy groups -OCH3 is 1. The SMILES string of the molecule is COc1ccc(C2C3=C(CC(C)(C)CC3=O)NC3=C2C(=O)CC(C)(C)C3)cc1Cl. The number of hydrogen-bond donors (Lipinski definition) is 1. The Kier molecular flexibility index (Phi) is 4.69. The van der Waals surface area contributed by atoms with Crippen LogP contribution >= 0.6 is 11.6 Å². The number of benzene rings is 1. The van der Waals surface area contributed by atoms with Crippen LogP contribution in [0.25, 0.3) is 0 Å². The molecule has 1 N–H and O–H groups in total. The summed E-state index contributed by atoms with van der Waals surface area (Å²) in [6, 6.07) is 5.58. The normalized spacial score (nSPS) is 23.5. The Balaban J connectivity index is 1.91. The number of ketones is 2. The van der Waals surface area contributed by atoms with Crippen LogP contribution in [0.5, 0.6) is 5.75 Å². The molecule has 0 saturated carbocycles. The number of hydrogen-bond acceptors (Lipinski definition) is 4. The summed E-state index contributed by atoms with van der Waals surface area (Å²) in [4.78, 5) is 26.5. The van der Waals surface area contributed by atoms with E-state index in [1.54, 1.807) is 7.11 Å². The van der Waals surface area contributed by atoms with Gasteiger partial charge in [-0.1, -0.05) is 45.4 Å². The van der Waals surface area contributed by atoms with Crippen molar-refractivity contribution in [3.63, 3.8) is 0 Å². The summed E-state index contributed by atoms with van der Waals surface area (Å²) in [6.45, 7) is 8.48. The van der Waals surface area contributed by atoms with Gasteiger partial charge in [0, 0.05) is 41.3 Å². The Morgan fingerprint density at radius 2 is 1.45 bits per heavy atom. The first-order chi connectivity index (χ1) is 13.5. The Morgan fingerprint density at radius 3 is 1.90 bits per heavy atom. The molecule has 2 aliphatic carbocycles. The van der Waals surface area contributed by atoms with Gasteiger partial charge in [-0.15, -0.1) is 0 Å². The van der Waals surface area contributed by atoms with Gasteiger partial charge in [0.1, 0.15) is 5.75 Å². The lowest BCUT2D eigenvalue weighted by molar-refractivity contribution is -0.119. The molecule has 29 heavy (non-hydrogen) atoms. The van der Waals surface area contributed by atoms with Crippen molar-refractivity contribution in [1.82, 2.24) is 5.32 Å². The maximum Gasteiger partial charge on any atom is 0.162 e. The fourth-order valence-electron chi connectivity index (χ4n) is 5.08. The molecule has 4 nitrogen and oxygen atoms in total. The van der Waals surface area contributed by atoms with E-state index in [1.807, 2.05) is 18.2 Å². The van der Waals surface area contributed by atoms with Gasteiger partial charge >= 0.3 is 0 Å². The third-order valence-electron chi connectivity index (χ3n) is 6.23. The van der Waals surface area contributed by atoms with Gasteiger partial charge in [0.2, 0.25) is 0 Å². The quantitative estimate of drug-likeness (QED) is 0.712. The highest BCUT2D eigenvalue weighted by Crippen LogP contribution is 2.51. The molecule has 3 aliphatic rings. The minimum atomic E-state index is -0.364. The number of halogens is 1. The van der Waals surface area contributed by atoms with Crippen LogP contribution in [-0.4, -0.2) is 18.7 Å². The average Bonchev–Trinajstić information content (AvgIpc) is 2.57. The zero-order valence-electron chi connectivity index (χ0n) is 17.7. The summed E-state index contributed by atoms with van der Waals surface area (Å²) in [5, 5.41) is 4.01. The monoisotopic (exact) mass is 413 g/mol. The molecule has 0 spiro atoms. The van der Waals surface area contributed by atoms with Crippen LogP contribution in [0.15, 0.2) is 40.7 Å². The highest BCUT2D eigenvalue weighted by Gasteiger charge is 2.46. The molecule has 5 heteroatoms. The van der Waals surface area contributed by atoms with Crippen LogP contribution < -0.4 is 10.1 Å². The Hall–Kier alpha value is -2.07. The first-order valence-electron chi connectivity index (χ1n) is 10.1. The predicted molar refractivity (Wildman–Crippen MR) is 114 cm³/mol. The molecular formula is C24H28ClNO3. The minimum Gasteiger partial charge on any atom is -0.495 e. The van der Waals surface area contributed by atoms with Crippen LogP contribution in [0, 0.1) is 10.8 Å². The van der Waals surface area contributed by atoms with Gasteiger partial charge in [-0.25, -0.2) is 0 Å². The number of Topliss-reactive ketones (excluding diaryl/α,β-unsaturated/α-hetero) is 2. The molecule has 0 atom stereocenters. The molecule has 154 valence electrons. The fourth-order valence-corrected chi connectivity index (χ4v) is 5.35. The average molecular weight is 414 g/mol. The van der Waals surface area contributed by atoms with Gasteiger partial charge in [0.15, 0.2) is 11.6 Å². The van der Waals surface area contributed by atoms with E-state index >= 15 is 0 Å². The van der Waals surface area contributed by atoms with Gasteiger partial charge in [-0.05, 0) is 41.4 Å². The molecule has 0 fully saturated rings. The molecule has 0 radical (unpaired) electrons. The van der Waals surface area contributed by atoms with Crippen LogP contribution in [-0.2, 0) is 9.59 Å². The lowest BCUT2D eigenvalue weighted by Gasteiger charge is -2.44. The van der Waals surface area contributed by atoms with Crippen molar-refractivity contribution in [2.45, 2.75) is 59.3 Å². The number of dihydropyridines is 1. The van der Waals surface area contributed by atoms with Crippen molar-refractivity contribution < 1.29 is 14.3 Å². The molecular weight excluding hydrogens is 386 g/mol. The van der Waals surface area contributed by atoms with Gasteiger partial charge in [-0.2, -0.15) is 0 Å². The predicted octanol–water partition coefficient (Wildman–Crippen LogP) is 5.32. The Bertz CT molecular complexity index is 932. The topological polar surface area (TPSA) is 55.4 Å². The first kappa shape index (κ1) is 20.2. The van der Waals surface area contributed by atoms with Crippen molar-refractivity contribution in [3.05, 3.63) is 51.3 Å². The second kappa shape index (κ2) is 6.73. The van der Waals surface area contributed by atoms with E-state index < -0.39 is 0 Å². The number of carbonyl (C=O) groups excluding carboxylic acids is 2. The lowest BCUT2D eigenvalue weighted by atomic mass is 9.64. The van der Waals surface area contributed by atoms with Crippen LogP contribution in [0.3, 0.4) is 0 Å². The number of nitrogens with one attached hydrogen (secondary N) is 1.